The van der Waals surface area contributed by atoms with Crippen LogP contribution in [-0.2, 0) is 9.53 Å². The Hall–Kier alpha value is -0.610. The van der Waals surface area contributed by atoms with Crippen molar-refractivity contribution < 1.29 is 9.53 Å². The van der Waals surface area contributed by atoms with E-state index in [2.05, 4.69) is 24.2 Å². The summed E-state index contributed by atoms with van der Waals surface area (Å²) in [5, 5.41) is 3.60. The number of rotatable bonds is 6. The van der Waals surface area contributed by atoms with E-state index in [0.717, 1.165) is 25.8 Å². The van der Waals surface area contributed by atoms with Gasteiger partial charge in [-0.15, -0.1) is 0 Å². The van der Waals surface area contributed by atoms with Crippen molar-refractivity contribution in [3.05, 3.63) is 0 Å². The number of hydrogen-bond donors (Lipinski definition) is 1. The minimum atomic E-state index is -0.427. The molecular weight excluding hydrogens is 240 g/mol. The van der Waals surface area contributed by atoms with Crippen LogP contribution in [0.15, 0.2) is 0 Å². The summed E-state index contributed by atoms with van der Waals surface area (Å²) in [5.74, 6) is -0.0314. The molecule has 2 fully saturated rings. The van der Waals surface area contributed by atoms with Crippen LogP contribution in [0.25, 0.3) is 0 Å². The van der Waals surface area contributed by atoms with Crippen LogP contribution in [-0.4, -0.2) is 48.7 Å². The molecule has 4 nitrogen and oxygen atoms in total. The fourth-order valence-corrected chi connectivity index (χ4v) is 3.14. The fraction of sp³-hybridized carbons (Fsp3) is 0.933. The smallest absolute Gasteiger partial charge is 0.326 e. The summed E-state index contributed by atoms with van der Waals surface area (Å²) in [5.41, 5.74) is -0.427. The Morgan fingerprint density at radius 2 is 2.11 bits per heavy atom. The largest absolute Gasteiger partial charge is 0.465 e. The number of hydrogen-bond acceptors (Lipinski definition) is 4. The van der Waals surface area contributed by atoms with Gasteiger partial charge in [0.05, 0.1) is 6.61 Å². The highest BCUT2D eigenvalue weighted by molar-refractivity contribution is 5.81. The van der Waals surface area contributed by atoms with Gasteiger partial charge in [0, 0.05) is 12.1 Å². The molecule has 0 aromatic rings. The van der Waals surface area contributed by atoms with E-state index in [0.29, 0.717) is 18.7 Å². The van der Waals surface area contributed by atoms with E-state index in [4.69, 9.17) is 4.74 Å². The molecule has 2 unspecified atom stereocenters. The third kappa shape index (κ3) is 3.48. The van der Waals surface area contributed by atoms with Crippen molar-refractivity contribution in [2.45, 2.75) is 70.0 Å². The average molecular weight is 268 g/mol. The molecule has 0 radical (unpaired) electrons. The molecule has 0 aromatic carbocycles. The Morgan fingerprint density at radius 3 is 2.68 bits per heavy atom. The number of esters is 1. The van der Waals surface area contributed by atoms with Gasteiger partial charge in [-0.1, -0.05) is 6.92 Å². The Labute approximate surface area is 116 Å². The standard InChI is InChI=1S/C15H28N2O2/c1-4-17(3)13-7-6-10-15(11-13,14(18)19-5-2)16-12-8-9-12/h12-13,16H,4-11H2,1-3H3. The molecule has 0 heterocycles. The van der Waals surface area contributed by atoms with Gasteiger partial charge in [-0.2, -0.15) is 0 Å². The highest BCUT2D eigenvalue weighted by Gasteiger charge is 2.47. The van der Waals surface area contributed by atoms with E-state index in [1.807, 2.05) is 6.92 Å². The van der Waals surface area contributed by atoms with E-state index in [1.54, 1.807) is 0 Å². The Balaban J connectivity index is 2.09. The highest BCUT2D eigenvalue weighted by Crippen LogP contribution is 2.35. The van der Waals surface area contributed by atoms with Crippen LogP contribution in [0, 0.1) is 0 Å². The second-order valence-corrected chi connectivity index (χ2v) is 6.04. The van der Waals surface area contributed by atoms with E-state index in [1.165, 1.54) is 19.3 Å². The summed E-state index contributed by atoms with van der Waals surface area (Å²) >= 11 is 0. The van der Waals surface area contributed by atoms with E-state index in [9.17, 15) is 4.79 Å². The van der Waals surface area contributed by atoms with E-state index >= 15 is 0 Å². The number of carbonyl (C=O) groups is 1. The minimum Gasteiger partial charge on any atom is -0.465 e. The van der Waals surface area contributed by atoms with Crippen molar-refractivity contribution in [3.63, 3.8) is 0 Å². The maximum atomic E-state index is 12.4. The van der Waals surface area contributed by atoms with Gasteiger partial charge in [-0.25, -0.2) is 0 Å². The van der Waals surface area contributed by atoms with Crippen LogP contribution in [0.3, 0.4) is 0 Å². The van der Waals surface area contributed by atoms with Crippen molar-refractivity contribution in [1.82, 2.24) is 10.2 Å². The SMILES string of the molecule is CCOC(=O)C1(NC2CC2)CCCC(N(C)CC)C1. The normalized spacial score (nSPS) is 31.5. The zero-order valence-electron chi connectivity index (χ0n) is 12.6. The molecule has 2 saturated carbocycles. The molecule has 0 bridgehead atoms. The zero-order chi connectivity index (χ0) is 13.9. The van der Waals surface area contributed by atoms with Crippen molar-refractivity contribution in [1.29, 1.82) is 0 Å². The molecule has 2 rings (SSSR count). The molecular formula is C15H28N2O2. The second kappa shape index (κ2) is 6.23. The predicted octanol–water partition coefficient (Wildman–Crippen LogP) is 1.93. The molecule has 0 amide bonds. The van der Waals surface area contributed by atoms with Crippen LogP contribution in [0.4, 0.5) is 0 Å². The summed E-state index contributed by atoms with van der Waals surface area (Å²) in [7, 11) is 2.16. The van der Waals surface area contributed by atoms with E-state index in [-0.39, 0.29) is 5.97 Å². The van der Waals surface area contributed by atoms with Gasteiger partial charge in [-0.05, 0) is 59.0 Å². The second-order valence-electron chi connectivity index (χ2n) is 6.04. The summed E-state index contributed by atoms with van der Waals surface area (Å²) in [6.07, 6.45) is 6.53. The molecule has 19 heavy (non-hydrogen) atoms. The summed E-state index contributed by atoms with van der Waals surface area (Å²) in [6.45, 7) is 5.57. The fourth-order valence-electron chi connectivity index (χ4n) is 3.14. The quantitative estimate of drug-likeness (QED) is 0.748. The van der Waals surface area contributed by atoms with Gasteiger partial charge in [0.1, 0.15) is 5.54 Å². The molecule has 0 aliphatic heterocycles. The third-order valence-corrected chi connectivity index (χ3v) is 4.57. The number of ether oxygens (including phenoxy) is 1. The lowest BCUT2D eigenvalue weighted by molar-refractivity contribution is -0.154. The maximum Gasteiger partial charge on any atom is 0.326 e. The van der Waals surface area contributed by atoms with Gasteiger partial charge in [0.25, 0.3) is 0 Å². The molecule has 2 atom stereocenters. The van der Waals surface area contributed by atoms with E-state index < -0.39 is 5.54 Å². The lowest BCUT2D eigenvalue weighted by atomic mass is 9.78. The molecule has 2 aliphatic rings. The van der Waals surface area contributed by atoms with Crippen LogP contribution in [0.2, 0.25) is 0 Å². The van der Waals surface area contributed by atoms with Crippen molar-refractivity contribution in [2.24, 2.45) is 0 Å². The first-order valence-electron chi connectivity index (χ1n) is 7.76. The first kappa shape index (κ1) is 14.8. The maximum absolute atomic E-state index is 12.4. The predicted molar refractivity (Wildman–Crippen MR) is 76.1 cm³/mol. The topological polar surface area (TPSA) is 41.6 Å². The van der Waals surface area contributed by atoms with Crippen LogP contribution in [0.5, 0.6) is 0 Å². The van der Waals surface area contributed by atoms with Crippen LogP contribution in [0.1, 0.15) is 52.4 Å². The lowest BCUT2D eigenvalue weighted by Gasteiger charge is -2.42. The molecule has 2 aliphatic carbocycles. The van der Waals surface area contributed by atoms with Gasteiger partial charge in [-0.3, -0.25) is 10.1 Å². The molecule has 0 aromatic heterocycles. The third-order valence-electron chi connectivity index (χ3n) is 4.57. The monoisotopic (exact) mass is 268 g/mol. The van der Waals surface area contributed by atoms with Crippen LogP contribution >= 0.6 is 0 Å². The van der Waals surface area contributed by atoms with Crippen LogP contribution < -0.4 is 5.32 Å². The van der Waals surface area contributed by atoms with Crippen molar-refractivity contribution >= 4 is 5.97 Å². The zero-order valence-corrected chi connectivity index (χ0v) is 12.6. The van der Waals surface area contributed by atoms with Crippen molar-refractivity contribution in [3.8, 4) is 0 Å². The number of nitrogens with one attached hydrogen (secondary N) is 1. The average Bonchev–Trinajstić information content (AvgIpc) is 3.22. The molecule has 4 heteroatoms. The Kier molecular flexibility index (Phi) is 4.85. The summed E-state index contributed by atoms with van der Waals surface area (Å²) in [4.78, 5) is 14.8. The minimum absolute atomic E-state index is 0.0314. The van der Waals surface area contributed by atoms with Crippen molar-refractivity contribution in [2.75, 3.05) is 20.2 Å². The highest BCUT2D eigenvalue weighted by atomic mass is 16.5. The first-order chi connectivity index (χ1) is 9.11. The number of nitrogens with zero attached hydrogens (tertiary/aromatic N) is 1. The molecule has 110 valence electrons. The molecule has 0 spiro atoms. The van der Waals surface area contributed by atoms with Gasteiger partial charge < -0.3 is 9.64 Å². The molecule has 0 saturated heterocycles. The van der Waals surface area contributed by atoms with Gasteiger partial charge >= 0.3 is 5.97 Å². The summed E-state index contributed by atoms with van der Waals surface area (Å²) < 4.78 is 5.36. The first-order valence-corrected chi connectivity index (χ1v) is 7.76. The van der Waals surface area contributed by atoms with Gasteiger partial charge in [0.15, 0.2) is 0 Å². The van der Waals surface area contributed by atoms with Gasteiger partial charge in [0.2, 0.25) is 0 Å². The summed E-state index contributed by atoms with van der Waals surface area (Å²) in [6, 6.07) is 1.03. The lowest BCUT2D eigenvalue weighted by Crippen LogP contribution is -2.59. The number of carbonyl (C=O) groups excluding carboxylic acids is 1. The Morgan fingerprint density at radius 1 is 1.37 bits per heavy atom. The molecule has 1 N–H and O–H groups in total. The Bertz CT molecular complexity index is 317.